The topological polar surface area (TPSA) is 56.3 Å². The van der Waals surface area contributed by atoms with Crippen molar-refractivity contribution in [1.29, 1.82) is 0 Å². The molecule has 1 atom stereocenters. The SMILES string of the molecule is Cc1ccc(C(=O)[C@H](OC(=O)c2cc(-c3ccccc3Cl)nc3ccccc23)c2ccccc2)cc1C. The highest BCUT2D eigenvalue weighted by Gasteiger charge is 2.28. The fourth-order valence-corrected chi connectivity index (χ4v) is 4.50. The zero-order chi connectivity index (χ0) is 25.9. The fraction of sp³-hybridized carbons (Fsp3) is 0.0938. The van der Waals surface area contributed by atoms with Gasteiger partial charge in [0.15, 0.2) is 6.10 Å². The van der Waals surface area contributed by atoms with E-state index in [1.165, 1.54) is 0 Å². The van der Waals surface area contributed by atoms with Gasteiger partial charge in [-0.05, 0) is 49.2 Å². The van der Waals surface area contributed by atoms with Gasteiger partial charge in [0.25, 0.3) is 0 Å². The van der Waals surface area contributed by atoms with Crippen molar-refractivity contribution in [3.8, 4) is 11.3 Å². The molecule has 1 heterocycles. The van der Waals surface area contributed by atoms with Crippen molar-refractivity contribution in [3.05, 3.63) is 136 Å². The van der Waals surface area contributed by atoms with E-state index in [9.17, 15) is 9.59 Å². The number of para-hydroxylation sites is 1. The number of carbonyl (C=O) groups is 2. The summed E-state index contributed by atoms with van der Waals surface area (Å²) < 4.78 is 5.99. The standard InChI is InChI=1S/C32H24ClNO3/c1-20-16-17-23(18-21(20)2)30(35)31(22-10-4-3-5-11-22)37-32(36)26-19-29(25-13-6-8-14-27(25)33)34-28-15-9-7-12-24(26)28/h3-19,31H,1-2H3/t31-/m1/s1. The molecule has 5 heteroatoms. The number of nitrogens with zero attached hydrogens (tertiary/aromatic N) is 1. The normalized spacial score (nSPS) is 11.8. The predicted octanol–water partition coefficient (Wildman–Crippen LogP) is 7.95. The van der Waals surface area contributed by atoms with Gasteiger partial charge in [0, 0.05) is 27.1 Å². The van der Waals surface area contributed by atoms with Crippen LogP contribution in [-0.4, -0.2) is 16.7 Å². The number of pyridine rings is 1. The van der Waals surface area contributed by atoms with Gasteiger partial charge in [0.05, 0.1) is 16.8 Å². The van der Waals surface area contributed by atoms with Gasteiger partial charge in [-0.2, -0.15) is 0 Å². The van der Waals surface area contributed by atoms with E-state index in [-0.39, 0.29) is 5.78 Å². The average molecular weight is 506 g/mol. The molecule has 1 aromatic heterocycles. The number of halogens is 1. The summed E-state index contributed by atoms with van der Waals surface area (Å²) in [5.41, 5.74) is 5.36. The van der Waals surface area contributed by atoms with Crippen molar-refractivity contribution in [3.63, 3.8) is 0 Å². The van der Waals surface area contributed by atoms with Crippen molar-refractivity contribution in [2.24, 2.45) is 0 Å². The summed E-state index contributed by atoms with van der Waals surface area (Å²) in [7, 11) is 0. The molecule has 4 aromatic carbocycles. The van der Waals surface area contributed by atoms with Crippen LogP contribution in [0.5, 0.6) is 0 Å². The number of ketones is 1. The molecule has 0 aliphatic carbocycles. The van der Waals surface area contributed by atoms with E-state index in [0.717, 1.165) is 11.1 Å². The zero-order valence-corrected chi connectivity index (χ0v) is 21.2. The number of benzene rings is 4. The average Bonchev–Trinajstić information content (AvgIpc) is 2.93. The van der Waals surface area contributed by atoms with E-state index in [1.54, 1.807) is 30.3 Å². The maximum Gasteiger partial charge on any atom is 0.339 e. The summed E-state index contributed by atoms with van der Waals surface area (Å²) >= 11 is 6.44. The third-order valence-electron chi connectivity index (χ3n) is 6.44. The molecule has 37 heavy (non-hydrogen) atoms. The van der Waals surface area contributed by atoms with Crippen molar-refractivity contribution in [2.45, 2.75) is 20.0 Å². The van der Waals surface area contributed by atoms with Crippen LogP contribution in [-0.2, 0) is 4.74 Å². The first kappa shape index (κ1) is 24.4. The third-order valence-corrected chi connectivity index (χ3v) is 6.77. The van der Waals surface area contributed by atoms with Gasteiger partial charge in [-0.3, -0.25) is 4.79 Å². The van der Waals surface area contributed by atoms with Crippen LogP contribution in [0.25, 0.3) is 22.2 Å². The quantitative estimate of drug-likeness (QED) is 0.173. The Kier molecular flexibility index (Phi) is 6.85. The number of hydrogen-bond acceptors (Lipinski definition) is 4. The second-order valence-electron chi connectivity index (χ2n) is 8.91. The minimum Gasteiger partial charge on any atom is -0.445 e. The first-order chi connectivity index (χ1) is 17.9. The number of Topliss-reactive ketones (excluding diaryl/α,β-unsaturated/α-hetero) is 1. The Morgan fingerprint density at radius 3 is 2.24 bits per heavy atom. The smallest absolute Gasteiger partial charge is 0.339 e. The van der Waals surface area contributed by atoms with E-state index >= 15 is 0 Å². The molecule has 0 spiro atoms. The molecule has 0 bridgehead atoms. The molecule has 0 saturated heterocycles. The van der Waals surface area contributed by atoms with Crippen LogP contribution in [0.3, 0.4) is 0 Å². The van der Waals surface area contributed by atoms with Crippen LogP contribution < -0.4 is 0 Å². The van der Waals surface area contributed by atoms with Crippen LogP contribution in [0, 0.1) is 13.8 Å². The Morgan fingerprint density at radius 1 is 0.784 bits per heavy atom. The molecule has 0 amide bonds. The highest BCUT2D eigenvalue weighted by atomic mass is 35.5. The Bertz CT molecular complexity index is 1630. The molecule has 0 aliphatic rings. The lowest BCUT2D eigenvalue weighted by atomic mass is 9.97. The van der Waals surface area contributed by atoms with Gasteiger partial charge in [0.2, 0.25) is 5.78 Å². The predicted molar refractivity (Wildman–Crippen MR) is 147 cm³/mol. The highest BCUT2D eigenvalue weighted by Crippen LogP contribution is 2.32. The molecule has 0 unspecified atom stereocenters. The first-order valence-corrected chi connectivity index (χ1v) is 12.3. The minimum absolute atomic E-state index is 0.285. The molecule has 0 aliphatic heterocycles. The number of hydrogen-bond donors (Lipinski definition) is 0. The van der Waals surface area contributed by atoms with Crippen molar-refractivity contribution < 1.29 is 14.3 Å². The number of carbonyl (C=O) groups excluding carboxylic acids is 2. The Labute approximate surface area is 220 Å². The summed E-state index contributed by atoms with van der Waals surface area (Å²) in [5, 5.41) is 1.16. The van der Waals surface area contributed by atoms with Crippen LogP contribution in [0.2, 0.25) is 5.02 Å². The van der Waals surface area contributed by atoms with E-state index in [2.05, 4.69) is 0 Å². The largest absolute Gasteiger partial charge is 0.445 e. The lowest BCUT2D eigenvalue weighted by Crippen LogP contribution is -2.21. The lowest BCUT2D eigenvalue weighted by molar-refractivity contribution is 0.0282. The van der Waals surface area contributed by atoms with Gasteiger partial charge in [0.1, 0.15) is 0 Å². The third kappa shape index (κ3) is 5.02. The van der Waals surface area contributed by atoms with Crippen LogP contribution in [0.15, 0.2) is 103 Å². The van der Waals surface area contributed by atoms with Crippen LogP contribution in [0.1, 0.15) is 43.5 Å². The van der Waals surface area contributed by atoms with Crippen LogP contribution >= 0.6 is 11.6 Å². The van der Waals surface area contributed by atoms with E-state index < -0.39 is 12.1 Å². The second-order valence-corrected chi connectivity index (χ2v) is 9.32. The van der Waals surface area contributed by atoms with Gasteiger partial charge >= 0.3 is 5.97 Å². The number of fused-ring (bicyclic) bond motifs is 1. The molecule has 0 fully saturated rings. The number of ether oxygens (including phenoxy) is 1. The van der Waals surface area contributed by atoms with Crippen molar-refractivity contribution in [2.75, 3.05) is 0 Å². The number of esters is 1. The fourth-order valence-electron chi connectivity index (χ4n) is 4.27. The van der Waals surface area contributed by atoms with E-state index in [0.29, 0.717) is 43.9 Å². The Balaban J connectivity index is 1.59. The highest BCUT2D eigenvalue weighted by molar-refractivity contribution is 6.33. The zero-order valence-electron chi connectivity index (χ0n) is 20.4. The van der Waals surface area contributed by atoms with Gasteiger partial charge in [-0.15, -0.1) is 0 Å². The molecule has 0 radical (unpaired) electrons. The molecular formula is C32H24ClNO3. The summed E-state index contributed by atoms with van der Waals surface area (Å²) in [4.78, 5) is 32.1. The first-order valence-electron chi connectivity index (χ1n) is 11.9. The van der Waals surface area contributed by atoms with Gasteiger partial charge in [-0.25, -0.2) is 9.78 Å². The maximum absolute atomic E-state index is 13.7. The second kappa shape index (κ2) is 10.4. The van der Waals surface area contributed by atoms with Crippen LogP contribution in [0.4, 0.5) is 0 Å². The lowest BCUT2D eigenvalue weighted by Gasteiger charge is -2.19. The van der Waals surface area contributed by atoms with E-state index in [1.807, 2.05) is 86.6 Å². The Morgan fingerprint density at radius 2 is 1.49 bits per heavy atom. The molecule has 5 aromatic rings. The Hall–Kier alpha value is -4.28. The number of aromatic nitrogens is 1. The molecular weight excluding hydrogens is 482 g/mol. The van der Waals surface area contributed by atoms with E-state index in [4.69, 9.17) is 21.3 Å². The summed E-state index contributed by atoms with van der Waals surface area (Å²) in [6, 6.07) is 30.9. The number of rotatable bonds is 6. The van der Waals surface area contributed by atoms with Crippen molar-refractivity contribution in [1.82, 2.24) is 4.98 Å². The monoisotopic (exact) mass is 505 g/mol. The molecule has 5 rings (SSSR count). The van der Waals surface area contributed by atoms with Crippen molar-refractivity contribution >= 4 is 34.3 Å². The summed E-state index contributed by atoms with van der Waals surface area (Å²) in [6.45, 7) is 3.94. The number of aryl methyl sites for hydroxylation is 2. The van der Waals surface area contributed by atoms with Gasteiger partial charge < -0.3 is 4.74 Å². The molecule has 0 N–H and O–H groups in total. The summed E-state index contributed by atoms with van der Waals surface area (Å²) in [5.74, 6) is -0.898. The summed E-state index contributed by atoms with van der Waals surface area (Å²) in [6.07, 6.45) is -1.11. The van der Waals surface area contributed by atoms with Gasteiger partial charge in [-0.1, -0.05) is 90.5 Å². The molecule has 4 nitrogen and oxygen atoms in total. The minimum atomic E-state index is -1.11. The maximum atomic E-state index is 13.7. The molecule has 0 saturated carbocycles. The molecule has 182 valence electrons.